The average Bonchev–Trinajstić information content (AvgIpc) is 1.56. The molecule has 0 atom stereocenters. The van der Waals surface area contributed by atoms with E-state index in [4.69, 9.17) is 28.7 Å². The van der Waals surface area contributed by atoms with E-state index in [2.05, 4.69) is 0 Å². The zero-order valence-electron chi connectivity index (χ0n) is 6.21. The van der Waals surface area contributed by atoms with Crippen LogP contribution in [0.5, 0.6) is 0 Å². The van der Waals surface area contributed by atoms with Gasteiger partial charge >= 0.3 is 0 Å². The van der Waals surface area contributed by atoms with Crippen LogP contribution in [0, 0.1) is 0 Å². The van der Waals surface area contributed by atoms with Crippen LogP contribution in [0.1, 0.15) is 13.8 Å². The largest absolute Gasteiger partial charge is 0.229 e. The van der Waals surface area contributed by atoms with Crippen LogP contribution in [0.3, 0.4) is 0 Å². The van der Waals surface area contributed by atoms with Crippen molar-refractivity contribution >= 4 is 33.6 Å². The maximum absolute atomic E-state index is 10.6. The minimum atomic E-state index is -3.54. The summed E-state index contributed by atoms with van der Waals surface area (Å²) in [6.07, 6.45) is 0. The fraction of sp³-hybridized carbons (Fsp3) is 1.00. The Kier molecular flexibility index (Phi) is 3.59. The van der Waals surface area contributed by atoms with Crippen molar-refractivity contribution in [3.8, 4) is 0 Å². The summed E-state index contributed by atoms with van der Waals surface area (Å²) in [5.74, 6) is -0.285. The Morgan fingerprint density at radius 1 is 1.45 bits per heavy atom. The Bertz CT molecular complexity index is 224. The Labute approximate surface area is 76.5 Å². The number of hydrogen-bond acceptors (Lipinski definition) is 3. The molecule has 7 heteroatoms. The molecule has 0 fully saturated rings. The molecular formula is C4H10Cl2N2O2S. The Morgan fingerprint density at radius 2 is 1.82 bits per heavy atom. The SMILES string of the molecule is CC(C)(CS(N)(=O)=O)N(Cl)Cl. The zero-order valence-corrected chi connectivity index (χ0v) is 8.54. The molecule has 0 unspecified atom stereocenters. The molecule has 68 valence electrons. The molecule has 0 radical (unpaired) electrons. The molecule has 0 spiro atoms. The van der Waals surface area contributed by atoms with E-state index in [1.165, 1.54) is 0 Å². The number of rotatable bonds is 3. The van der Waals surface area contributed by atoms with Gasteiger partial charge in [-0.15, -0.1) is 3.94 Å². The molecule has 0 saturated carbocycles. The van der Waals surface area contributed by atoms with Crippen LogP contribution in [0.4, 0.5) is 0 Å². The predicted octanol–water partition coefficient (Wildman–Crippen LogP) is 0.663. The van der Waals surface area contributed by atoms with E-state index in [0.29, 0.717) is 0 Å². The monoisotopic (exact) mass is 220 g/mol. The molecule has 0 bridgehead atoms. The summed E-state index contributed by atoms with van der Waals surface area (Å²) < 4.78 is 21.9. The van der Waals surface area contributed by atoms with E-state index >= 15 is 0 Å². The van der Waals surface area contributed by atoms with Crippen LogP contribution >= 0.6 is 23.6 Å². The van der Waals surface area contributed by atoms with Gasteiger partial charge in [-0.3, -0.25) is 0 Å². The third kappa shape index (κ3) is 4.81. The van der Waals surface area contributed by atoms with Crippen molar-refractivity contribution in [1.29, 1.82) is 0 Å². The highest BCUT2D eigenvalue weighted by molar-refractivity contribution is 7.89. The third-order valence-corrected chi connectivity index (χ3v) is 3.04. The molecule has 0 amide bonds. The second kappa shape index (κ2) is 3.45. The summed E-state index contributed by atoms with van der Waals surface area (Å²) in [5.41, 5.74) is -0.864. The van der Waals surface area contributed by atoms with Gasteiger partial charge in [0.05, 0.1) is 11.3 Å². The fourth-order valence-corrected chi connectivity index (χ4v) is 1.92. The first-order valence-corrected chi connectivity index (χ1v) is 5.16. The van der Waals surface area contributed by atoms with Gasteiger partial charge in [0, 0.05) is 0 Å². The van der Waals surface area contributed by atoms with Crippen LogP contribution < -0.4 is 5.14 Å². The van der Waals surface area contributed by atoms with Crippen LogP contribution in [-0.4, -0.2) is 23.6 Å². The molecule has 0 aromatic heterocycles. The maximum atomic E-state index is 10.6. The first kappa shape index (κ1) is 11.4. The molecule has 0 heterocycles. The Balaban J connectivity index is 4.38. The van der Waals surface area contributed by atoms with Gasteiger partial charge in [-0.05, 0) is 37.4 Å². The second-order valence-electron chi connectivity index (χ2n) is 2.85. The molecule has 0 aromatic carbocycles. The quantitative estimate of drug-likeness (QED) is 0.712. The second-order valence-corrected chi connectivity index (χ2v) is 5.32. The zero-order chi connectivity index (χ0) is 9.28. The number of halogens is 2. The highest BCUT2D eigenvalue weighted by atomic mass is 35.5. The average molecular weight is 221 g/mol. The molecule has 2 N–H and O–H groups in total. The number of hydrogen-bond donors (Lipinski definition) is 1. The van der Waals surface area contributed by atoms with Crippen molar-refractivity contribution in [2.45, 2.75) is 19.4 Å². The van der Waals surface area contributed by atoms with Gasteiger partial charge in [0.1, 0.15) is 0 Å². The van der Waals surface area contributed by atoms with Crippen molar-refractivity contribution in [2.75, 3.05) is 5.75 Å². The predicted molar refractivity (Wildman–Crippen MR) is 45.6 cm³/mol. The van der Waals surface area contributed by atoms with Crippen molar-refractivity contribution < 1.29 is 8.42 Å². The van der Waals surface area contributed by atoms with Crippen molar-refractivity contribution in [1.82, 2.24) is 3.94 Å². The van der Waals surface area contributed by atoms with Crippen molar-refractivity contribution in [3.63, 3.8) is 0 Å². The molecule has 0 aliphatic carbocycles. The van der Waals surface area contributed by atoms with Gasteiger partial charge in [-0.25, -0.2) is 13.6 Å². The summed E-state index contributed by atoms with van der Waals surface area (Å²) in [6.45, 7) is 3.13. The lowest BCUT2D eigenvalue weighted by molar-refractivity contribution is 0.390. The fourth-order valence-electron chi connectivity index (χ4n) is 0.541. The topological polar surface area (TPSA) is 63.4 Å². The smallest absolute Gasteiger partial charge is 0.210 e. The Morgan fingerprint density at radius 3 is 1.91 bits per heavy atom. The molecular weight excluding hydrogens is 211 g/mol. The number of nitrogens with two attached hydrogens (primary N) is 1. The summed E-state index contributed by atoms with van der Waals surface area (Å²) in [5, 5.41) is 4.79. The summed E-state index contributed by atoms with van der Waals surface area (Å²) >= 11 is 10.7. The number of nitrogens with zero attached hydrogens (tertiary/aromatic N) is 1. The number of primary sulfonamides is 1. The summed E-state index contributed by atoms with van der Waals surface area (Å²) in [6, 6.07) is 0. The van der Waals surface area contributed by atoms with E-state index < -0.39 is 15.6 Å². The van der Waals surface area contributed by atoms with Gasteiger partial charge in [0.15, 0.2) is 0 Å². The van der Waals surface area contributed by atoms with Crippen LogP contribution in [0.15, 0.2) is 0 Å². The highest BCUT2D eigenvalue weighted by Gasteiger charge is 2.29. The number of sulfonamides is 1. The molecule has 4 nitrogen and oxygen atoms in total. The van der Waals surface area contributed by atoms with Crippen LogP contribution in [-0.2, 0) is 10.0 Å². The van der Waals surface area contributed by atoms with Gasteiger partial charge in [-0.1, -0.05) is 0 Å². The van der Waals surface area contributed by atoms with Crippen molar-refractivity contribution in [3.05, 3.63) is 0 Å². The lowest BCUT2D eigenvalue weighted by atomic mass is 10.1. The van der Waals surface area contributed by atoms with E-state index in [1.54, 1.807) is 13.8 Å². The molecule has 11 heavy (non-hydrogen) atoms. The van der Waals surface area contributed by atoms with Crippen LogP contribution in [0.2, 0.25) is 0 Å². The lowest BCUT2D eigenvalue weighted by Gasteiger charge is -2.25. The minimum Gasteiger partial charge on any atom is -0.229 e. The first-order valence-electron chi connectivity index (χ1n) is 2.77. The van der Waals surface area contributed by atoms with Gasteiger partial charge in [-0.2, -0.15) is 0 Å². The lowest BCUT2D eigenvalue weighted by Crippen LogP contribution is -2.41. The Hall–Kier alpha value is 0.450. The standard InChI is InChI=1S/C4H10Cl2N2O2S/c1-4(2,8(5)6)3-11(7,9)10/h3H2,1-2H3,(H2,7,9,10). The molecule has 0 aliphatic heterocycles. The third-order valence-electron chi connectivity index (χ3n) is 1.01. The van der Waals surface area contributed by atoms with Gasteiger partial charge in [0.2, 0.25) is 10.0 Å². The molecule has 0 aliphatic rings. The van der Waals surface area contributed by atoms with E-state index in [9.17, 15) is 8.42 Å². The maximum Gasteiger partial charge on any atom is 0.210 e. The molecule has 0 rings (SSSR count). The summed E-state index contributed by atoms with van der Waals surface area (Å²) in [4.78, 5) is 0. The van der Waals surface area contributed by atoms with Gasteiger partial charge < -0.3 is 0 Å². The minimum absolute atomic E-state index is 0.285. The highest BCUT2D eigenvalue weighted by Crippen LogP contribution is 2.20. The van der Waals surface area contributed by atoms with E-state index in [0.717, 1.165) is 3.94 Å². The van der Waals surface area contributed by atoms with Crippen molar-refractivity contribution in [2.24, 2.45) is 5.14 Å². The normalized spacial score (nSPS) is 14.0. The molecule has 0 aromatic rings. The van der Waals surface area contributed by atoms with Crippen LogP contribution in [0.25, 0.3) is 0 Å². The van der Waals surface area contributed by atoms with Gasteiger partial charge in [0.25, 0.3) is 0 Å². The van der Waals surface area contributed by atoms with E-state index in [1.807, 2.05) is 0 Å². The first-order chi connectivity index (χ1) is 4.65. The van der Waals surface area contributed by atoms with E-state index in [-0.39, 0.29) is 5.75 Å². The molecule has 0 saturated heterocycles. The summed E-state index contributed by atoms with van der Waals surface area (Å²) in [7, 11) is -3.54.